The summed E-state index contributed by atoms with van der Waals surface area (Å²) >= 11 is 0. The third-order valence-electron chi connectivity index (χ3n) is 9.31. The van der Waals surface area contributed by atoms with Crippen molar-refractivity contribution in [2.45, 2.75) is 39.1 Å². The van der Waals surface area contributed by atoms with E-state index in [-0.39, 0.29) is 25.2 Å². The number of para-hydroxylation sites is 1. The number of aliphatic hydroxyl groups is 3. The first-order valence-electron chi connectivity index (χ1n) is 16.0. The smallest absolute Gasteiger partial charge is 0.0681 e. The van der Waals surface area contributed by atoms with Gasteiger partial charge in [0.2, 0.25) is 0 Å². The molecular weight excluding hydrogens is 580 g/mol. The molecule has 0 aliphatic heterocycles. The lowest BCUT2D eigenvalue weighted by Crippen LogP contribution is -2.17. The Kier molecular flexibility index (Phi) is 8.12. The molecule has 0 radical (unpaired) electrons. The minimum absolute atomic E-state index is 0.00553. The number of fused-ring (bicyclic) bond motifs is 3. The molecule has 0 amide bonds. The number of aliphatic hydroxyl groups excluding tert-OH is 3. The molecule has 0 atom stereocenters. The second-order valence-corrected chi connectivity index (χ2v) is 12.6. The van der Waals surface area contributed by atoms with Crippen LogP contribution in [-0.4, -0.2) is 15.3 Å². The van der Waals surface area contributed by atoms with Crippen LogP contribution in [0.15, 0.2) is 140 Å². The van der Waals surface area contributed by atoms with Gasteiger partial charge in [-0.05, 0) is 112 Å². The Morgan fingerprint density at radius 1 is 0.404 bits per heavy atom. The highest BCUT2D eigenvalue weighted by Gasteiger charge is 2.36. The van der Waals surface area contributed by atoms with Crippen molar-refractivity contribution in [2.75, 3.05) is 9.80 Å². The molecule has 0 heterocycles. The highest BCUT2D eigenvalue weighted by Crippen LogP contribution is 2.52. The Morgan fingerprint density at radius 3 is 1.06 bits per heavy atom. The topological polar surface area (TPSA) is 67.2 Å². The maximum absolute atomic E-state index is 9.66. The first-order valence-corrected chi connectivity index (χ1v) is 16.0. The minimum atomic E-state index is -0.271. The molecule has 47 heavy (non-hydrogen) atoms. The normalized spacial score (nSPS) is 12.8. The third kappa shape index (κ3) is 5.59. The van der Waals surface area contributed by atoms with E-state index in [0.29, 0.717) is 0 Å². The molecule has 0 unspecified atom stereocenters. The fourth-order valence-corrected chi connectivity index (χ4v) is 6.71. The lowest BCUT2D eigenvalue weighted by Gasteiger charge is -2.29. The van der Waals surface area contributed by atoms with E-state index in [1.165, 1.54) is 22.3 Å². The fraction of sp³-hybridized carbons (Fsp3) is 0.143. The van der Waals surface area contributed by atoms with E-state index in [1.54, 1.807) is 0 Å². The molecule has 0 spiro atoms. The van der Waals surface area contributed by atoms with Crippen molar-refractivity contribution < 1.29 is 15.3 Å². The first kappa shape index (κ1) is 30.5. The predicted octanol–water partition coefficient (Wildman–Crippen LogP) is 9.41. The van der Waals surface area contributed by atoms with Gasteiger partial charge in [0.05, 0.1) is 19.8 Å². The molecule has 1 aliphatic carbocycles. The molecule has 6 aromatic rings. The Morgan fingerprint density at radius 2 is 0.723 bits per heavy atom. The Hall–Kier alpha value is -5.20. The Labute approximate surface area is 276 Å². The van der Waals surface area contributed by atoms with Gasteiger partial charge in [-0.1, -0.05) is 80.6 Å². The van der Waals surface area contributed by atoms with Crippen molar-refractivity contribution in [1.82, 2.24) is 0 Å². The Balaban J connectivity index is 1.32. The summed E-state index contributed by atoms with van der Waals surface area (Å²) in [5.41, 5.74) is 13.5. The molecule has 5 heteroatoms. The van der Waals surface area contributed by atoms with Gasteiger partial charge >= 0.3 is 0 Å². The SMILES string of the molecule is CC1(C)c2cc(N(c3ccccc3)c3ccc(CO)cc3)ccc2-c2ccc(N(c3ccc(CO)cc3)c3ccc(CO)cc3)cc21. The molecular formula is C42H38N2O3. The van der Waals surface area contributed by atoms with Crippen LogP contribution in [0.3, 0.4) is 0 Å². The Bertz CT molecular complexity index is 1950. The van der Waals surface area contributed by atoms with Gasteiger partial charge < -0.3 is 25.1 Å². The van der Waals surface area contributed by atoms with E-state index in [9.17, 15) is 15.3 Å². The van der Waals surface area contributed by atoms with E-state index >= 15 is 0 Å². The van der Waals surface area contributed by atoms with Crippen molar-refractivity contribution in [3.8, 4) is 11.1 Å². The van der Waals surface area contributed by atoms with Gasteiger partial charge in [-0.25, -0.2) is 0 Å². The molecule has 3 N–H and O–H groups in total. The molecule has 0 saturated carbocycles. The summed E-state index contributed by atoms with van der Waals surface area (Å²) in [6, 6.07) is 47.9. The van der Waals surface area contributed by atoms with E-state index in [1.807, 2.05) is 66.7 Å². The van der Waals surface area contributed by atoms with Crippen LogP contribution in [0.25, 0.3) is 11.1 Å². The van der Waals surface area contributed by atoms with Crippen LogP contribution in [0.5, 0.6) is 0 Å². The molecule has 5 nitrogen and oxygen atoms in total. The summed E-state index contributed by atoms with van der Waals surface area (Å²) in [6.07, 6.45) is 0. The van der Waals surface area contributed by atoms with Crippen molar-refractivity contribution >= 4 is 34.1 Å². The zero-order valence-corrected chi connectivity index (χ0v) is 26.6. The molecule has 7 rings (SSSR count). The zero-order chi connectivity index (χ0) is 32.5. The van der Waals surface area contributed by atoms with Crippen LogP contribution in [-0.2, 0) is 25.2 Å². The summed E-state index contributed by atoms with van der Waals surface area (Å²) in [6.45, 7) is 4.59. The largest absolute Gasteiger partial charge is 0.392 e. The van der Waals surface area contributed by atoms with E-state index in [0.717, 1.165) is 50.8 Å². The van der Waals surface area contributed by atoms with Crippen LogP contribution < -0.4 is 9.80 Å². The van der Waals surface area contributed by atoms with Crippen molar-refractivity contribution in [3.05, 3.63) is 167 Å². The van der Waals surface area contributed by atoms with Crippen LogP contribution in [0.4, 0.5) is 34.1 Å². The minimum Gasteiger partial charge on any atom is -0.392 e. The number of hydrogen-bond donors (Lipinski definition) is 3. The third-order valence-corrected chi connectivity index (χ3v) is 9.31. The number of anilines is 6. The van der Waals surface area contributed by atoms with Gasteiger partial charge in [-0.2, -0.15) is 0 Å². The standard InChI is InChI=1S/C42H38N2O3/c1-42(2)40-24-36(43(32-6-4-3-5-7-32)33-14-8-29(26-45)9-15-33)20-22-38(40)39-23-21-37(25-41(39)42)44(34-16-10-30(27-46)11-17-34)35-18-12-31(28-47)13-19-35/h3-25,45-47H,26-28H2,1-2H3. The highest BCUT2D eigenvalue weighted by atomic mass is 16.3. The van der Waals surface area contributed by atoms with Gasteiger partial charge in [0.15, 0.2) is 0 Å². The van der Waals surface area contributed by atoms with Crippen molar-refractivity contribution in [1.29, 1.82) is 0 Å². The van der Waals surface area contributed by atoms with Crippen LogP contribution >= 0.6 is 0 Å². The molecule has 6 aromatic carbocycles. The number of rotatable bonds is 9. The molecule has 0 saturated heterocycles. The highest BCUT2D eigenvalue weighted by molar-refractivity contribution is 5.88. The predicted molar refractivity (Wildman–Crippen MR) is 191 cm³/mol. The van der Waals surface area contributed by atoms with Gasteiger partial charge in [-0.15, -0.1) is 0 Å². The number of hydrogen-bond acceptors (Lipinski definition) is 5. The van der Waals surface area contributed by atoms with Gasteiger partial charge in [-0.3, -0.25) is 0 Å². The summed E-state index contributed by atoms with van der Waals surface area (Å²) < 4.78 is 0. The average Bonchev–Trinajstić information content (AvgIpc) is 3.35. The molecule has 0 bridgehead atoms. The van der Waals surface area contributed by atoms with Gasteiger partial charge in [0, 0.05) is 39.5 Å². The summed E-state index contributed by atoms with van der Waals surface area (Å²) in [5, 5.41) is 29.0. The fourth-order valence-electron chi connectivity index (χ4n) is 6.71. The van der Waals surface area contributed by atoms with E-state index in [2.05, 4.69) is 96.4 Å². The van der Waals surface area contributed by atoms with Crippen LogP contribution in [0.1, 0.15) is 41.7 Å². The molecule has 234 valence electrons. The summed E-state index contributed by atoms with van der Waals surface area (Å²) in [7, 11) is 0. The number of benzene rings is 6. The van der Waals surface area contributed by atoms with E-state index in [4.69, 9.17) is 0 Å². The second kappa shape index (κ2) is 12.5. The van der Waals surface area contributed by atoms with Gasteiger partial charge in [0.1, 0.15) is 0 Å². The molecule has 0 aromatic heterocycles. The monoisotopic (exact) mass is 618 g/mol. The average molecular weight is 619 g/mol. The lowest BCUT2D eigenvalue weighted by atomic mass is 9.82. The molecule has 0 fully saturated rings. The van der Waals surface area contributed by atoms with Crippen LogP contribution in [0, 0.1) is 0 Å². The van der Waals surface area contributed by atoms with Crippen molar-refractivity contribution in [2.24, 2.45) is 0 Å². The van der Waals surface area contributed by atoms with Crippen LogP contribution in [0.2, 0.25) is 0 Å². The maximum Gasteiger partial charge on any atom is 0.0681 e. The number of nitrogens with zero attached hydrogens (tertiary/aromatic N) is 2. The second-order valence-electron chi connectivity index (χ2n) is 12.6. The molecule has 1 aliphatic rings. The summed E-state index contributed by atoms with van der Waals surface area (Å²) in [4.78, 5) is 4.49. The quantitative estimate of drug-likeness (QED) is 0.151. The zero-order valence-electron chi connectivity index (χ0n) is 26.6. The van der Waals surface area contributed by atoms with Crippen molar-refractivity contribution in [3.63, 3.8) is 0 Å². The van der Waals surface area contributed by atoms with Gasteiger partial charge in [0.25, 0.3) is 0 Å². The first-order chi connectivity index (χ1) is 22.9. The summed E-state index contributed by atoms with van der Waals surface area (Å²) in [5.74, 6) is 0. The van der Waals surface area contributed by atoms with E-state index < -0.39 is 0 Å². The lowest BCUT2D eigenvalue weighted by molar-refractivity contribution is 0.281. The maximum atomic E-state index is 9.66.